The summed E-state index contributed by atoms with van der Waals surface area (Å²) in [5, 5.41) is 0. The van der Waals surface area contributed by atoms with Crippen LogP contribution >= 0.6 is 0 Å². The number of piperidine rings is 1. The molecule has 29 heavy (non-hydrogen) atoms. The van der Waals surface area contributed by atoms with E-state index in [1.165, 1.54) is 18.3 Å². The molecule has 0 unspecified atom stereocenters. The van der Waals surface area contributed by atoms with Crippen molar-refractivity contribution in [2.75, 3.05) is 52.9 Å². The standard InChI is InChI=1S/C19H25F3N4O3/c1-24-9-11-26(12-10-24)17(27)14-4-7-25(8-5-14)18(28)15-3-2-6-23-16(15)29-13-19(20,21)22/h2-3,6,14H,4-5,7-13H2,1H3. The third-order valence-electron chi connectivity index (χ3n) is 5.32. The Labute approximate surface area is 167 Å². The second kappa shape index (κ2) is 8.98. The molecule has 0 aliphatic carbocycles. The van der Waals surface area contributed by atoms with E-state index in [1.54, 1.807) is 4.90 Å². The zero-order valence-electron chi connectivity index (χ0n) is 16.3. The Hall–Kier alpha value is -2.36. The summed E-state index contributed by atoms with van der Waals surface area (Å²) >= 11 is 0. The molecule has 2 aliphatic rings. The maximum atomic E-state index is 12.8. The lowest BCUT2D eigenvalue weighted by Gasteiger charge is -2.37. The second-order valence-corrected chi connectivity index (χ2v) is 7.46. The van der Waals surface area contributed by atoms with Gasteiger partial charge in [0.2, 0.25) is 11.8 Å². The van der Waals surface area contributed by atoms with Gasteiger partial charge in [-0.15, -0.1) is 0 Å². The highest BCUT2D eigenvalue weighted by atomic mass is 19.4. The molecule has 160 valence electrons. The summed E-state index contributed by atoms with van der Waals surface area (Å²) < 4.78 is 42.0. The number of likely N-dealkylation sites (tertiary alicyclic amines) is 1. The van der Waals surface area contributed by atoms with Crippen LogP contribution in [0.25, 0.3) is 0 Å². The fourth-order valence-corrected chi connectivity index (χ4v) is 3.60. The van der Waals surface area contributed by atoms with Crippen LogP contribution in [0.2, 0.25) is 0 Å². The highest BCUT2D eigenvalue weighted by Gasteiger charge is 2.33. The fourth-order valence-electron chi connectivity index (χ4n) is 3.60. The number of hydrogen-bond acceptors (Lipinski definition) is 5. The van der Waals surface area contributed by atoms with Gasteiger partial charge in [-0.3, -0.25) is 9.59 Å². The average Bonchev–Trinajstić information content (AvgIpc) is 2.71. The number of amides is 2. The van der Waals surface area contributed by atoms with Crippen LogP contribution < -0.4 is 4.74 Å². The first kappa shape index (κ1) is 21.4. The molecular formula is C19H25F3N4O3. The molecule has 1 aromatic rings. The number of hydrogen-bond donors (Lipinski definition) is 0. The van der Waals surface area contributed by atoms with Gasteiger partial charge >= 0.3 is 6.18 Å². The van der Waals surface area contributed by atoms with Gasteiger partial charge in [-0.25, -0.2) is 4.98 Å². The van der Waals surface area contributed by atoms with Gasteiger partial charge in [0.15, 0.2) is 6.61 Å². The minimum atomic E-state index is -4.51. The molecule has 0 saturated carbocycles. The van der Waals surface area contributed by atoms with Gasteiger partial charge in [0.25, 0.3) is 5.91 Å². The van der Waals surface area contributed by atoms with E-state index in [2.05, 4.69) is 9.88 Å². The number of nitrogens with zero attached hydrogens (tertiary/aromatic N) is 4. The number of piperazine rings is 1. The lowest BCUT2D eigenvalue weighted by Crippen LogP contribution is -2.51. The molecular weight excluding hydrogens is 389 g/mol. The summed E-state index contributed by atoms with van der Waals surface area (Å²) in [4.78, 5) is 34.9. The monoisotopic (exact) mass is 414 g/mol. The van der Waals surface area contributed by atoms with E-state index in [4.69, 9.17) is 4.74 Å². The number of ether oxygens (including phenoxy) is 1. The Morgan fingerprint density at radius 1 is 1.10 bits per heavy atom. The van der Waals surface area contributed by atoms with Crippen molar-refractivity contribution >= 4 is 11.8 Å². The van der Waals surface area contributed by atoms with E-state index in [9.17, 15) is 22.8 Å². The van der Waals surface area contributed by atoms with Crippen molar-refractivity contribution in [1.29, 1.82) is 0 Å². The quantitative estimate of drug-likeness (QED) is 0.750. The molecule has 0 radical (unpaired) electrons. The van der Waals surface area contributed by atoms with E-state index in [-0.39, 0.29) is 23.3 Å². The van der Waals surface area contributed by atoms with E-state index < -0.39 is 18.7 Å². The predicted octanol–water partition coefficient (Wildman–Crippen LogP) is 1.65. The molecule has 0 N–H and O–H groups in total. The molecule has 2 saturated heterocycles. The number of likely N-dealkylation sites (N-methyl/N-ethyl adjacent to an activating group) is 1. The van der Waals surface area contributed by atoms with Gasteiger partial charge in [-0.2, -0.15) is 13.2 Å². The van der Waals surface area contributed by atoms with Crippen molar-refractivity contribution in [1.82, 2.24) is 19.7 Å². The van der Waals surface area contributed by atoms with Crippen molar-refractivity contribution in [3.8, 4) is 5.88 Å². The number of aromatic nitrogens is 1. The number of alkyl halides is 3. The van der Waals surface area contributed by atoms with E-state index in [0.29, 0.717) is 39.0 Å². The number of rotatable bonds is 4. The van der Waals surface area contributed by atoms with Crippen LogP contribution in [0.5, 0.6) is 5.88 Å². The first-order valence-electron chi connectivity index (χ1n) is 9.66. The molecule has 0 bridgehead atoms. The normalized spacial score (nSPS) is 19.3. The fraction of sp³-hybridized carbons (Fsp3) is 0.632. The van der Waals surface area contributed by atoms with Crippen molar-refractivity contribution in [2.45, 2.75) is 19.0 Å². The molecule has 2 aliphatic heterocycles. The first-order chi connectivity index (χ1) is 13.7. The Morgan fingerprint density at radius 2 is 1.76 bits per heavy atom. The Bertz CT molecular complexity index is 728. The third-order valence-corrected chi connectivity index (χ3v) is 5.32. The topological polar surface area (TPSA) is 66.0 Å². The van der Waals surface area contributed by atoms with Crippen LogP contribution in [0, 0.1) is 5.92 Å². The molecule has 0 atom stereocenters. The number of carbonyl (C=O) groups excluding carboxylic acids is 2. The predicted molar refractivity (Wildman–Crippen MR) is 98.5 cm³/mol. The van der Waals surface area contributed by atoms with E-state index in [0.717, 1.165) is 13.1 Å². The molecule has 3 rings (SSSR count). The summed E-state index contributed by atoms with van der Waals surface area (Å²) in [5.41, 5.74) is 0.000550. The lowest BCUT2D eigenvalue weighted by molar-refractivity contribution is -0.154. The third kappa shape index (κ3) is 5.59. The maximum Gasteiger partial charge on any atom is 0.422 e. The summed E-state index contributed by atoms with van der Waals surface area (Å²) in [6, 6.07) is 2.89. The summed E-state index contributed by atoms with van der Waals surface area (Å²) in [6.45, 7) is 2.36. The SMILES string of the molecule is CN1CCN(C(=O)C2CCN(C(=O)c3cccnc3OCC(F)(F)F)CC2)CC1. The zero-order valence-corrected chi connectivity index (χ0v) is 16.3. The molecule has 2 amide bonds. The number of halogens is 3. The van der Waals surface area contributed by atoms with Crippen molar-refractivity contribution < 1.29 is 27.5 Å². The Kier molecular flexibility index (Phi) is 6.61. The van der Waals surface area contributed by atoms with E-state index in [1.807, 2.05) is 11.9 Å². The molecule has 0 spiro atoms. The van der Waals surface area contributed by atoms with Gasteiger partial charge in [0.05, 0.1) is 0 Å². The smallest absolute Gasteiger partial charge is 0.422 e. The number of carbonyl (C=O) groups is 2. The van der Waals surface area contributed by atoms with Gasteiger partial charge in [-0.1, -0.05) is 0 Å². The minimum absolute atomic E-state index is 0.000550. The van der Waals surface area contributed by atoms with Crippen LogP contribution in [0.3, 0.4) is 0 Å². The zero-order chi connectivity index (χ0) is 21.0. The maximum absolute atomic E-state index is 12.8. The number of pyridine rings is 1. The Balaban J connectivity index is 1.57. The van der Waals surface area contributed by atoms with E-state index >= 15 is 0 Å². The largest absolute Gasteiger partial charge is 0.467 e. The molecule has 0 aromatic carbocycles. The second-order valence-electron chi connectivity index (χ2n) is 7.46. The van der Waals surface area contributed by atoms with Crippen molar-refractivity contribution in [2.24, 2.45) is 5.92 Å². The van der Waals surface area contributed by atoms with Crippen LogP contribution in [-0.4, -0.2) is 90.6 Å². The molecule has 2 fully saturated rings. The van der Waals surface area contributed by atoms with Crippen LogP contribution in [-0.2, 0) is 4.79 Å². The highest BCUT2D eigenvalue weighted by molar-refractivity contribution is 5.96. The molecule has 7 nitrogen and oxygen atoms in total. The van der Waals surface area contributed by atoms with Crippen molar-refractivity contribution in [3.05, 3.63) is 23.9 Å². The summed E-state index contributed by atoms with van der Waals surface area (Å²) in [7, 11) is 2.02. The van der Waals surface area contributed by atoms with Crippen LogP contribution in [0.4, 0.5) is 13.2 Å². The van der Waals surface area contributed by atoms with Crippen LogP contribution in [0.15, 0.2) is 18.3 Å². The summed E-state index contributed by atoms with van der Waals surface area (Å²) in [6.07, 6.45) is -2.16. The molecule has 3 heterocycles. The first-order valence-corrected chi connectivity index (χ1v) is 9.66. The lowest BCUT2D eigenvalue weighted by atomic mass is 9.94. The van der Waals surface area contributed by atoms with Crippen LogP contribution in [0.1, 0.15) is 23.2 Å². The van der Waals surface area contributed by atoms with Gasteiger partial charge in [0.1, 0.15) is 5.56 Å². The van der Waals surface area contributed by atoms with Gasteiger partial charge in [0, 0.05) is 51.4 Å². The highest BCUT2D eigenvalue weighted by Crippen LogP contribution is 2.25. The van der Waals surface area contributed by atoms with Crippen molar-refractivity contribution in [3.63, 3.8) is 0 Å². The van der Waals surface area contributed by atoms with Gasteiger partial charge in [-0.05, 0) is 32.0 Å². The average molecular weight is 414 g/mol. The Morgan fingerprint density at radius 3 is 2.38 bits per heavy atom. The minimum Gasteiger partial charge on any atom is -0.467 e. The summed E-state index contributed by atoms with van der Waals surface area (Å²) in [5.74, 6) is -0.760. The molecule has 1 aromatic heterocycles. The molecule has 10 heteroatoms. The van der Waals surface area contributed by atoms with Gasteiger partial charge < -0.3 is 19.4 Å².